The van der Waals surface area contributed by atoms with Crippen LogP contribution in [0.4, 0.5) is 13.2 Å². The van der Waals surface area contributed by atoms with E-state index < -0.39 is 17.9 Å². The lowest BCUT2D eigenvalue weighted by molar-refractivity contribution is -0.128. The van der Waals surface area contributed by atoms with Crippen molar-refractivity contribution in [3.8, 4) is 0 Å². The van der Waals surface area contributed by atoms with Gasteiger partial charge in [0.1, 0.15) is 6.54 Å². The van der Waals surface area contributed by atoms with E-state index in [1.807, 2.05) is 0 Å². The summed E-state index contributed by atoms with van der Waals surface area (Å²) >= 11 is 0. The van der Waals surface area contributed by atoms with Crippen molar-refractivity contribution in [2.45, 2.75) is 6.18 Å². The fourth-order valence-electron chi connectivity index (χ4n) is 1.12. The molecular formula is C8H11F3N4O. The van der Waals surface area contributed by atoms with E-state index in [1.54, 1.807) is 0 Å². The molecule has 0 spiro atoms. The van der Waals surface area contributed by atoms with Gasteiger partial charge in [-0.2, -0.15) is 18.3 Å². The van der Waals surface area contributed by atoms with Gasteiger partial charge in [0.05, 0.1) is 0 Å². The van der Waals surface area contributed by atoms with Crippen LogP contribution in [0.1, 0.15) is 0 Å². The Kier molecular flexibility index (Phi) is 3.41. The maximum absolute atomic E-state index is 12.5. The van der Waals surface area contributed by atoms with Gasteiger partial charge in [-0.25, -0.2) is 0 Å². The van der Waals surface area contributed by atoms with Crippen LogP contribution in [-0.4, -0.2) is 48.4 Å². The Bertz CT molecular complexity index is 337. The number of carbonyl (C=O) groups is 1. The Balaban J connectivity index is 2.95. The molecule has 0 atom stereocenters. The third-order valence-corrected chi connectivity index (χ3v) is 1.91. The maximum atomic E-state index is 12.5. The van der Waals surface area contributed by atoms with Crippen LogP contribution >= 0.6 is 0 Å². The SMILES string of the molecule is CN/N=C(\N1C=CN(C)C(=O)C1)C(F)(F)F. The van der Waals surface area contributed by atoms with Crippen LogP contribution in [0.5, 0.6) is 0 Å². The van der Waals surface area contributed by atoms with Gasteiger partial charge in [-0.1, -0.05) is 0 Å². The van der Waals surface area contributed by atoms with E-state index in [9.17, 15) is 18.0 Å². The Morgan fingerprint density at radius 2 is 2.12 bits per heavy atom. The second-order valence-corrected chi connectivity index (χ2v) is 3.09. The Labute approximate surface area is 90.2 Å². The van der Waals surface area contributed by atoms with Gasteiger partial charge >= 0.3 is 6.18 Å². The average molecular weight is 236 g/mol. The first-order chi connectivity index (χ1) is 7.36. The summed E-state index contributed by atoms with van der Waals surface area (Å²) in [6, 6.07) is 0. The van der Waals surface area contributed by atoms with Crippen molar-refractivity contribution in [2.24, 2.45) is 5.10 Å². The highest BCUT2D eigenvalue weighted by atomic mass is 19.4. The molecule has 90 valence electrons. The zero-order valence-corrected chi connectivity index (χ0v) is 8.75. The number of nitrogens with zero attached hydrogens (tertiary/aromatic N) is 3. The predicted molar refractivity (Wildman–Crippen MR) is 51.2 cm³/mol. The van der Waals surface area contributed by atoms with Crippen molar-refractivity contribution in [1.82, 2.24) is 15.2 Å². The standard InChI is InChI=1S/C8H11F3N4O/c1-12-13-7(8(9,10)11)15-4-3-14(2)6(16)5-15/h3-4,12H,5H2,1-2H3/b13-7-. The molecule has 0 aromatic rings. The van der Waals surface area contributed by atoms with E-state index in [4.69, 9.17) is 0 Å². The molecular weight excluding hydrogens is 225 g/mol. The summed E-state index contributed by atoms with van der Waals surface area (Å²) < 4.78 is 37.6. The summed E-state index contributed by atoms with van der Waals surface area (Å²) in [7, 11) is 2.73. The van der Waals surface area contributed by atoms with E-state index >= 15 is 0 Å². The molecule has 0 saturated carbocycles. The summed E-state index contributed by atoms with van der Waals surface area (Å²) in [5.41, 5.74) is 2.07. The third-order valence-electron chi connectivity index (χ3n) is 1.91. The van der Waals surface area contributed by atoms with Crippen molar-refractivity contribution in [3.05, 3.63) is 12.4 Å². The zero-order chi connectivity index (χ0) is 12.3. The lowest BCUT2D eigenvalue weighted by Gasteiger charge is -2.28. The minimum absolute atomic E-state index is 0.382. The number of likely N-dealkylation sites (N-methyl/N-ethyl adjacent to an activating group) is 1. The first kappa shape index (κ1) is 12.3. The van der Waals surface area contributed by atoms with Gasteiger partial charge < -0.3 is 15.2 Å². The fraction of sp³-hybridized carbons (Fsp3) is 0.500. The minimum Gasteiger partial charge on any atom is -0.319 e. The first-order valence-corrected chi connectivity index (χ1v) is 4.38. The number of alkyl halides is 3. The molecule has 1 heterocycles. The molecule has 0 aliphatic carbocycles. The van der Waals surface area contributed by atoms with Crippen molar-refractivity contribution in [1.29, 1.82) is 0 Å². The molecule has 1 rings (SSSR count). The second kappa shape index (κ2) is 4.42. The van der Waals surface area contributed by atoms with Crippen LogP contribution in [0.3, 0.4) is 0 Å². The highest BCUT2D eigenvalue weighted by Gasteiger charge is 2.41. The highest BCUT2D eigenvalue weighted by Crippen LogP contribution is 2.21. The Morgan fingerprint density at radius 1 is 1.50 bits per heavy atom. The number of amidine groups is 1. The molecule has 0 aromatic heterocycles. The van der Waals surface area contributed by atoms with E-state index in [1.165, 1.54) is 25.2 Å². The first-order valence-electron chi connectivity index (χ1n) is 4.38. The number of hydrazone groups is 1. The largest absolute Gasteiger partial charge is 0.451 e. The number of nitrogens with one attached hydrogen (secondary N) is 1. The molecule has 5 nitrogen and oxygen atoms in total. The fourth-order valence-corrected chi connectivity index (χ4v) is 1.12. The summed E-state index contributed by atoms with van der Waals surface area (Å²) in [5, 5.41) is 3.12. The molecule has 0 aromatic carbocycles. The zero-order valence-electron chi connectivity index (χ0n) is 8.75. The van der Waals surface area contributed by atoms with Gasteiger partial charge in [0, 0.05) is 26.5 Å². The molecule has 0 fully saturated rings. The summed E-state index contributed by atoms with van der Waals surface area (Å²) in [6.45, 7) is -0.382. The topological polar surface area (TPSA) is 47.9 Å². The molecule has 1 aliphatic heterocycles. The molecule has 8 heteroatoms. The molecule has 0 saturated heterocycles. The average Bonchev–Trinajstić information content (AvgIpc) is 2.17. The lowest BCUT2D eigenvalue weighted by atomic mass is 10.3. The van der Waals surface area contributed by atoms with E-state index in [2.05, 4.69) is 10.5 Å². The molecule has 0 unspecified atom stereocenters. The monoisotopic (exact) mass is 236 g/mol. The molecule has 1 N–H and O–H groups in total. The summed E-state index contributed by atoms with van der Waals surface area (Å²) in [6.07, 6.45) is -2.20. The molecule has 0 bridgehead atoms. The van der Waals surface area contributed by atoms with Crippen LogP contribution in [0.15, 0.2) is 17.5 Å². The van der Waals surface area contributed by atoms with E-state index in [0.29, 0.717) is 0 Å². The van der Waals surface area contributed by atoms with Gasteiger partial charge in [-0.15, -0.1) is 0 Å². The predicted octanol–water partition coefficient (Wildman–Crippen LogP) is 0.327. The molecule has 0 radical (unpaired) electrons. The quantitative estimate of drug-likeness (QED) is 0.405. The lowest BCUT2D eigenvalue weighted by Crippen LogP contribution is -2.46. The van der Waals surface area contributed by atoms with E-state index in [-0.39, 0.29) is 6.54 Å². The smallest absolute Gasteiger partial charge is 0.319 e. The Hall–Kier alpha value is -1.73. The van der Waals surface area contributed by atoms with Gasteiger partial charge in [-0.3, -0.25) is 4.79 Å². The number of hydrogen-bond donors (Lipinski definition) is 1. The number of carbonyl (C=O) groups excluding carboxylic acids is 1. The summed E-state index contributed by atoms with van der Waals surface area (Å²) in [4.78, 5) is 13.2. The second-order valence-electron chi connectivity index (χ2n) is 3.09. The number of halogens is 3. The minimum atomic E-state index is -4.61. The van der Waals surface area contributed by atoms with Crippen LogP contribution < -0.4 is 5.43 Å². The van der Waals surface area contributed by atoms with Crippen LogP contribution in [0.2, 0.25) is 0 Å². The molecule has 1 aliphatic rings. The van der Waals surface area contributed by atoms with Crippen LogP contribution in [-0.2, 0) is 4.79 Å². The molecule has 1 amide bonds. The van der Waals surface area contributed by atoms with Crippen LogP contribution in [0, 0.1) is 0 Å². The Morgan fingerprint density at radius 3 is 2.56 bits per heavy atom. The third kappa shape index (κ3) is 2.65. The van der Waals surface area contributed by atoms with Gasteiger partial charge in [0.15, 0.2) is 0 Å². The van der Waals surface area contributed by atoms with Crippen LogP contribution in [0.25, 0.3) is 0 Å². The van der Waals surface area contributed by atoms with Gasteiger partial charge in [0.2, 0.25) is 11.7 Å². The number of amides is 1. The van der Waals surface area contributed by atoms with Gasteiger partial charge in [-0.05, 0) is 0 Å². The van der Waals surface area contributed by atoms with Crippen molar-refractivity contribution >= 4 is 11.7 Å². The van der Waals surface area contributed by atoms with Crippen molar-refractivity contribution in [3.63, 3.8) is 0 Å². The molecule has 16 heavy (non-hydrogen) atoms. The maximum Gasteiger partial charge on any atom is 0.451 e. The number of rotatable bonds is 1. The van der Waals surface area contributed by atoms with Crippen molar-refractivity contribution in [2.75, 3.05) is 20.6 Å². The summed E-state index contributed by atoms with van der Waals surface area (Å²) in [5.74, 6) is -1.58. The normalized spacial score (nSPS) is 18.1. The highest BCUT2D eigenvalue weighted by molar-refractivity contribution is 5.93. The van der Waals surface area contributed by atoms with Gasteiger partial charge in [0.25, 0.3) is 0 Å². The van der Waals surface area contributed by atoms with E-state index in [0.717, 1.165) is 11.1 Å². The van der Waals surface area contributed by atoms with Crippen molar-refractivity contribution < 1.29 is 18.0 Å². The number of hydrogen-bond acceptors (Lipinski definition) is 3.